The van der Waals surface area contributed by atoms with E-state index in [1.54, 1.807) is 0 Å². The molecule has 0 heterocycles. The fraction of sp³-hybridized carbons (Fsp3) is 1.00. The van der Waals surface area contributed by atoms with Crippen molar-refractivity contribution >= 4 is 0 Å². The van der Waals surface area contributed by atoms with Crippen molar-refractivity contribution in [1.82, 2.24) is 4.90 Å². The van der Waals surface area contributed by atoms with Crippen LogP contribution >= 0.6 is 0 Å². The first-order valence-electron chi connectivity index (χ1n) is 7.48. The van der Waals surface area contributed by atoms with Gasteiger partial charge in [0.25, 0.3) is 0 Å². The first-order chi connectivity index (χ1) is 7.70. The summed E-state index contributed by atoms with van der Waals surface area (Å²) in [5, 5.41) is 0. The predicted octanol–water partition coefficient (Wildman–Crippen LogP) is 5.35. The van der Waals surface area contributed by atoms with Gasteiger partial charge in [-0.25, -0.2) is 0 Å². The van der Waals surface area contributed by atoms with Crippen LogP contribution in [0.4, 0.5) is 0 Å². The van der Waals surface area contributed by atoms with Crippen LogP contribution in [0.2, 0.25) is 0 Å². The lowest BCUT2D eigenvalue weighted by molar-refractivity contribution is -0.0391. The van der Waals surface area contributed by atoms with Crippen LogP contribution in [0.5, 0.6) is 0 Å². The molecule has 0 aromatic carbocycles. The second-order valence-corrected chi connectivity index (χ2v) is 8.92. The van der Waals surface area contributed by atoms with Gasteiger partial charge in [0.1, 0.15) is 0 Å². The zero-order valence-corrected chi connectivity index (χ0v) is 14.8. The van der Waals surface area contributed by atoms with Crippen molar-refractivity contribution in [2.75, 3.05) is 0 Å². The molecule has 0 radical (unpaired) electrons. The van der Waals surface area contributed by atoms with Crippen molar-refractivity contribution in [1.29, 1.82) is 0 Å². The van der Waals surface area contributed by atoms with Gasteiger partial charge in [-0.15, -0.1) is 0 Å². The minimum Gasteiger partial charge on any atom is -0.293 e. The third-order valence-corrected chi connectivity index (χ3v) is 4.42. The van der Waals surface area contributed by atoms with Crippen LogP contribution in [0.3, 0.4) is 0 Å². The Hall–Kier alpha value is -0.0400. The molecule has 0 bridgehead atoms. The maximum atomic E-state index is 2.71. The molecule has 0 saturated heterocycles. The Morgan fingerprint density at radius 2 is 1.17 bits per heavy atom. The second kappa shape index (κ2) is 5.53. The predicted molar refractivity (Wildman–Crippen MR) is 84.0 cm³/mol. The third kappa shape index (κ3) is 4.57. The molecule has 0 aromatic heterocycles. The minimum atomic E-state index is 0.200. The lowest BCUT2D eigenvalue weighted by atomic mass is 9.73. The Kier molecular flexibility index (Phi) is 5.51. The highest BCUT2D eigenvalue weighted by molar-refractivity contribution is 4.96. The minimum absolute atomic E-state index is 0.200. The van der Waals surface area contributed by atoms with Gasteiger partial charge in [0.15, 0.2) is 0 Å². The largest absolute Gasteiger partial charge is 0.293 e. The molecular formula is C17H37N. The van der Waals surface area contributed by atoms with E-state index < -0.39 is 0 Å². The molecule has 0 aliphatic heterocycles. The first kappa shape index (κ1) is 18.0. The smallest absolute Gasteiger partial charge is 0.0207 e. The molecule has 1 unspecified atom stereocenters. The van der Waals surface area contributed by atoms with Gasteiger partial charge in [-0.05, 0) is 51.9 Å². The first-order valence-corrected chi connectivity index (χ1v) is 7.48. The highest BCUT2D eigenvalue weighted by atomic mass is 15.2. The molecule has 0 saturated carbocycles. The molecule has 1 heteroatoms. The summed E-state index contributed by atoms with van der Waals surface area (Å²) >= 11 is 0. The Bertz CT molecular complexity index is 250. The zero-order chi connectivity index (χ0) is 14.9. The van der Waals surface area contributed by atoms with E-state index in [2.05, 4.69) is 81.1 Å². The van der Waals surface area contributed by atoms with Gasteiger partial charge < -0.3 is 0 Å². The molecule has 0 fully saturated rings. The van der Waals surface area contributed by atoms with E-state index in [0.29, 0.717) is 17.5 Å². The summed E-state index contributed by atoms with van der Waals surface area (Å²) < 4.78 is 0. The maximum absolute atomic E-state index is 2.71. The van der Waals surface area contributed by atoms with Gasteiger partial charge in [0, 0.05) is 17.6 Å². The lowest BCUT2D eigenvalue weighted by Crippen LogP contribution is -2.59. The van der Waals surface area contributed by atoms with Gasteiger partial charge >= 0.3 is 0 Å². The molecule has 0 spiro atoms. The van der Waals surface area contributed by atoms with Gasteiger partial charge in [-0.1, -0.05) is 41.5 Å². The summed E-state index contributed by atoms with van der Waals surface area (Å²) in [5.74, 6) is 0. The van der Waals surface area contributed by atoms with E-state index in [1.165, 1.54) is 6.42 Å². The molecule has 110 valence electrons. The molecule has 0 N–H and O–H groups in total. The molecule has 0 aliphatic carbocycles. The lowest BCUT2D eigenvalue weighted by Gasteiger charge is -2.53. The van der Waals surface area contributed by atoms with Crippen molar-refractivity contribution in [2.24, 2.45) is 10.8 Å². The number of nitrogens with zero attached hydrogens (tertiary/aromatic N) is 1. The summed E-state index contributed by atoms with van der Waals surface area (Å²) in [4.78, 5) is 2.71. The van der Waals surface area contributed by atoms with Crippen LogP contribution in [0.25, 0.3) is 0 Å². The highest BCUT2D eigenvalue weighted by Crippen LogP contribution is 2.39. The highest BCUT2D eigenvalue weighted by Gasteiger charge is 2.42. The van der Waals surface area contributed by atoms with Crippen LogP contribution in [0.15, 0.2) is 0 Å². The fourth-order valence-electron chi connectivity index (χ4n) is 3.08. The summed E-state index contributed by atoms with van der Waals surface area (Å²) in [6.45, 7) is 25.9. The Morgan fingerprint density at radius 3 is 1.39 bits per heavy atom. The monoisotopic (exact) mass is 255 g/mol. The van der Waals surface area contributed by atoms with Gasteiger partial charge in [-0.2, -0.15) is 0 Å². The van der Waals surface area contributed by atoms with E-state index in [9.17, 15) is 0 Å². The van der Waals surface area contributed by atoms with Crippen molar-refractivity contribution in [3.8, 4) is 0 Å². The molecule has 0 aliphatic rings. The second-order valence-electron chi connectivity index (χ2n) is 8.92. The van der Waals surface area contributed by atoms with E-state index in [4.69, 9.17) is 0 Å². The average Bonchev–Trinajstić information content (AvgIpc) is 1.94. The van der Waals surface area contributed by atoms with Gasteiger partial charge in [0.05, 0.1) is 0 Å². The van der Waals surface area contributed by atoms with Crippen LogP contribution < -0.4 is 0 Å². The number of rotatable bonds is 4. The summed E-state index contributed by atoms with van der Waals surface area (Å²) in [6.07, 6.45) is 1.24. The Balaban J connectivity index is 5.21. The topological polar surface area (TPSA) is 3.24 Å². The van der Waals surface area contributed by atoms with Crippen molar-refractivity contribution in [3.05, 3.63) is 0 Å². The van der Waals surface area contributed by atoms with Crippen molar-refractivity contribution in [2.45, 2.75) is 100 Å². The van der Waals surface area contributed by atoms with Crippen molar-refractivity contribution in [3.63, 3.8) is 0 Å². The van der Waals surface area contributed by atoms with Crippen LogP contribution in [-0.2, 0) is 0 Å². The van der Waals surface area contributed by atoms with E-state index in [0.717, 1.165) is 0 Å². The van der Waals surface area contributed by atoms with Gasteiger partial charge in [0.2, 0.25) is 0 Å². The van der Waals surface area contributed by atoms with Crippen LogP contribution in [0, 0.1) is 10.8 Å². The molecule has 1 atom stereocenters. The molecule has 0 amide bonds. The Morgan fingerprint density at radius 1 is 0.778 bits per heavy atom. The average molecular weight is 255 g/mol. The summed E-state index contributed by atoms with van der Waals surface area (Å²) in [5.41, 5.74) is 0.871. The SMILES string of the molecule is CC(C)N(C(C)CC(C)(C)C)C(C)(C)C(C)(C)C. The fourth-order valence-corrected chi connectivity index (χ4v) is 3.08. The quantitative estimate of drug-likeness (QED) is 0.655. The van der Waals surface area contributed by atoms with Crippen LogP contribution in [0.1, 0.15) is 82.6 Å². The maximum Gasteiger partial charge on any atom is 0.0207 e. The number of hydrogen-bond acceptors (Lipinski definition) is 1. The van der Waals surface area contributed by atoms with Gasteiger partial charge in [-0.3, -0.25) is 4.90 Å². The van der Waals surface area contributed by atoms with Crippen molar-refractivity contribution < 1.29 is 0 Å². The molecule has 0 rings (SSSR count). The standard InChI is InChI=1S/C17H37N/c1-13(2)18(14(3)12-15(4,5)6)17(10,11)16(7,8)9/h13-14H,12H2,1-11H3. The summed E-state index contributed by atoms with van der Waals surface area (Å²) in [6, 6.07) is 1.19. The van der Waals surface area contributed by atoms with Crippen LogP contribution in [-0.4, -0.2) is 22.5 Å². The molecule has 1 nitrogen and oxygen atoms in total. The molecular weight excluding hydrogens is 218 g/mol. The third-order valence-electron chi connectivity index (χ3n) is 4.42. The molecule has 18 heavy (non-hydrogen) atoms. The van der Waals surface area contributed by atoms with E-state index in [-0.39, 0.29) is 11.0 Å². The normalized spacial score (nSPS) is 16.5. The number of hydrogen-bond donors (Lipinski definition) is 0. The molecule has 0 aromatic rings. The Labute approximate surface area is 116 Å². The van der Waals surface area contributed by atoms with E-state index in [1.807, 2.05) is 0 Å². The van der Waals surface area contributed by atoms with E-state index >= 15 is 0 Å². The zero-order valence-electron chi connectivity index (χ0n) is 14.8. The summed E-state index contributed by atoms with van der Waals surface area (Å²) in [7, 11) is 0.